The van der Waals surface area contributed by atoms with Crippen LogP contribution in [0.1, 0.15) is 66.3 Å². The van der Waals surface area contributed by atoms with Crippen molar-refractivity contribution in [2.75, 3.05) is 13.2 Å². The number of carbonyl (C=O) groups is 2. The van der Waals surface area contributed by atoms with E-state index in [-0.39, 0.29) is 17.2 Å². The second kappa shape index (κ2) is 8.06. The highest BCUT2D eigenvalue weighted by Crippen LogP contribution is 2.31. The van der Waals surface area contributed by atoms with Crippen LogP contribution in [0.5, 0.6) is 0 Å². The van der Waals surface area contributed by atoms with Gasteiger partial charge in [-0.15, -0.1) is 0 Å². The van der Waals surface area contributed by atoms with Crippen LogP contribution >= 0.6 is 0 Å². The standard InChI is InChI=1S/C17H24N2O4/c1-2-10-23-17(8-4-3-5-9-17)12-19-15(20)13-6-7-14(16(21)22)18-11-13/h6-7,11H,2-5,8-10,12H2,1H3,(H,19,20)(H,21,22). The average Bonchev–Trinajstić information content (AvgIpc) is 2.59. The summed E-state index contributed by atoms with van der Waals surface area (Å²) < 4.78 is 6.05. The number of nitrogens with zero attached hydrogens (tertiary/aromatic N) is 1. The molecule has 1 saturated carbocycles. The minimum atomic E-state index is -1.11. The highest BCUT2D eigenvalue weighted by atomic mass is 16.5. The summed E-state index contributed by atoms with van der Waals surface area (Å²) in [5, 5.41) is 11.7. The molecule has 1 aromatic heterocycles. The molecule has 0 spiro atoms. The molecule has 1 aromatic rings. The van der Waals surface area contributed by atoms with Crippen molar-refractivity contribution in [2.24, 2.45) is 0 Å². The Hall–Kier alpha value is -1.95. The second-order valence-electron chi connectivity index (χ2n) is 6.01. The van der Waals surface area contributed by atoms with Crippen LogP contribution in [0, 0.1) is 0 Å². The number of ether oxygens (including phenoxy) is 1. The fourth-order valence-corrected chi connectivity index (χ4v) is 2.88. The third kappa shape index (κ3) is 4.76. The summed E-state index contributed by atoms with van der Waals surface area (Å²) in [5.74, 6) is -1.36. The molecule has 126 valence electrons. The van der Waals surface area contributed by atoms with Crippen LogP contribution < -0.4 is 5.32 Å². The molecule has 1 heterocycles. The smallest absolute Gasteiger partial charge is 0.354 e. The van der Waals surface area contributed by atoms with Gasteiger partial charge in [0, 0.05) is 19.3 Å². The molecule has 6 nitrogen and oxygen atoms in total. The van der Waals surface area contributed by atoms with Crippen LogP contribution in [0.25, 0.3) is 0 Å². The van der Waals surface area contributed by atoms with E-state index in [9.17, 15) is 9.59 Å². The molecule has 0 aliphatic heterocycles. The first-order valence-corrected chi connectivity index (χ1v) is 8.18. The van der Waals surface area contributed by atoms with Crippen LogP contribution in [0.2, 0.25) is 0 Å². The zero-order valence-corrected chi connectivity index (χ0v) is 13.5. The first kappa shape index (κ1) is 17.4. The largest absolute Gasteiger partial charge is 0.477 e. The second-order valence-corrected chi connectivity index (χ2v) is 6.01. The molecule has 1 aliphatic rings. The number of aromatic nitrogens is 1. The maximum Gasteiger partial charge on any atom is 0.354 e. The molecule has 0 aromatic carbocycles. The number of carboxylic acids is 1. The van der Waals surface area contributed by atoms with Crippen LogP contribution in [0.4, 0.5) is 0 Å². The Kier molecular flexibility index (Phi) is 6.10. The number of nitrogens with one attached hydrogen (secondary N) is 1. The van der Waals surface area contributed by atoms with E-state index in [0.29, 0.717) is 18.7 Å². The lowest BCUT2D eigenvalue weighted by Crippen LogP contribution is -2.46. The Bertz CT molecular complexity index is 536. The summed E-state index contributed by atoms with van der Waals surface area (Å²) in [7, 11) is 0. The molecule has 1 aliphatic carbocycles. The molecule has 0 radical (unpaired) electrons. The van der Waals surface area contributed by atoms with Gasteiger partial charge in [0.25, 0.3) is 5.91 Å². The van der Waals surface area contributed by atoms with Crippen LogP contribution in [0.3, 0.4) is 0 Å². The quantitative estimate of drug-likeness (QED) is 0.806. The zero-order chi connectivity index (χ0) is 16.7. The van der Waals surface area contributed by atoms with E-state index in [1.165, 1.54) is 24.8 Å². The lowest BCUT2D eigenvalue weighted by Gasteiger charge is -2.37. The summed E-state index contributed by atoms with van der Waals surface area (Å²) in [6, 6.07) is 2.81. The average molecular weight is 320 g/mol. The van der Waals surface area contributed by atoms with E-state index in [1.807, 2.05) is 0 Å². The fourth-order valence-electron chi connectivity index (χ4n) is 2.88. The minimum Gasteiger partial charge on any atom is -0.477 e. The van der Waals surface area contributed by atoms with Gasteiger partial charge < -0.3 is 15.2 Å². The maximum atomic E-state index is 12.2. The van der Waals surface area contributed by atoms with Gasteiger partial charge in [0.15, 0.2) is 0 Å². The van der Waals surface area contributed by atoms with E-state index in [1.54, 1.807) is 0 Å². The molecule has 0 atom stereocenters. The van der Waals surface area contributed by atoms with Gasteiger partial charge in [-0.3, -0.25) is 4.79 Å². The molecule has 0 saturated heterocycles. The van der Waals surface area contributed by atoms with Gasteiger partial charge in [-0.2, -0.15) is 0 Å². The van der Waals surface area contributed by atoms with Crippen molar-refractivity contribution in [2.45, 2.75) is 51.0 Å². The highest BCUT2D eigenvalue weighted by Gasteiger charge is 2.33. The van der Waals surface area contributed by atoms with Gasteiger partial charge in [-0.1, -0.05) is 26.2 Å². The Morgan fingerprint density at radius 1 is 1.30 bits per heavy atom. The minimum absolute atomic E-state index is 0.0726. The molecular weight excluding hydrogens is 296 g/mol. The molecule has 0 unspecified atom stereocenters. The number of carbonyl (C=O) groups excluding carboxylic acids is 1. The van der Waals surface area contributed by atoms with Gasteiger partial charge in [-0.25, -0.2) is 9.78 Å². The number of amides is 1. The normalized spacial score (nSPS) is 16.7. The predicted octanol–water partition coefficient (Wildman–Crippen LogP) is 2.64. The van der Waals surface area contributed by atoms with E-state index in [4.69, 9.17) is 9.84 Å². The first-order valence-electron chi connectivity index (χ1n) is 8.18. The summed E-state index contributed by atoms with van der Waals surface area (Å²) in [6.45, 7) is 3.25. The molecule has 23 heavy (non-hydrogen) atoms. The lowest BCUT2D eigenvalue weighted by atomic mass is 9.84. The summed E-state index contributed by atoms with van der Waals surface area (Å²) in [4.78, 5) is 26.8. The first-order chi connectivity index (χ1) is 11.1. The molecule has 1 amide bonds. The van der Waals surface area contributed by atoms with Gasteiger partial charge in [0.1, 0.15) is 5.69 Å². The highest BCUT2D eigenvalue weighted by molar-refractivity contribution is 5.94. The van der Waals surface area contributed by atoms with Crippen molar-refractivity contribution in [3.63, 3.8) is 0 Å². The van der Waals surface area contributed by atoms with E-state index >= 15 is 0 Å². The van der Waals surface area contributed by atoms with Crippen LogP contribution in [0.15, 0.2) is 18.3 Å². The Labute approximate surface area is 136 Å². The summed E-state index contributed by atoms with van der Waals surface area (Å²) >= 11 is 0. The Balaban J connectivity index is 1.96. The number of rotatable bonds is 7. The molecule has 1 fully saturated rings. The molecule has 6 heteroatoms. The topological polar surface area (TPSA) is 88.5 Å². The van der Waals surface area contributed by atoms with Gasteiger partial charge >= 0.3 is 5.97 Å². The molecule has 0 bridgehead atoms. The molecular formula is C17H24N2O4. The number of hydrogen-bond donors (Lipinski definition) is 2. The Morgan fingerprint density at radius 2 is 2.04 bits per heavy atom. The number of pyridine rings is 1. The van der Waals surface area contributed by atoms with Crippen molar-refractivity contribution in [1.29, 1.82) is 0 Å². The third-order valence-corrected chi connectivity index (χ3v) is 4.19. The molecule has 2 rings (SSSR count). The summed E-state index contributed by atoms with van der Waals surface area (Å²) in [5.41, 5.74) is 0.0197. The van der Waals surface area contributed by atoms with E-state index in [0.717, 1.165) is 32.1 Å². The number of aromatic carboxylic acids is 1. The fraction of sp³-hybridized carbons (Fsp3) is 0.588. The van der Waals surface area contributed by atoms with Gasteiger partial charge in [0.05, 0.1) is 11.2 Å². The zero-order valence-electron chi connectivity index (χ0n) is 13.5. The van der Waals surface area contributed by atoms with Crippen LogP contribution in [-0.2, 0) is 4.74 Å². The number of carboxylic acid groups (broad SMARTS) is 1. The monoisotopic (exact) mass is 320 g/mol. The van der Waals surface area contributed by atoms with Crippen molar-refractivity contribution < 1.29 is 19.4 Å². The summed E-state index contributed by atoms with van der Waals surface area (Å²) in [6.07, 6.45) is 7.62. The van der Waals surface area contributed by atoms with Crippen molar-refractivity contribution in [1.82, 2.24) is 10.3 Å². The van der Waals surface area contributed by atoms with Crippen molar-refractivity contribution in [3.05, 3.63) is 29.6 Å². The van der Waals surface area contributed by atoms with E-state index < -0.39 is 5.97 Å². The van der Waals surface area contributed by atoms with Crippen molar-refractivity contribution >= 4 is 11.9 Å². The third-order valence-electron chi connectivity index (χ3n) is 4.19. The molecule has 2 N–H and O–H groups in total. The lowest BCUT2D eigenvalue weighted by molar-refractivity contribution is -0.0669. The SMILES string of the molecule is CCCOC1(CNC(=O)c2ccc(C(=O)O)nc2)CCCCC1. The van der Waals surface area contributed by atoms with E-state index in [2.05, 4.69) is 17.2 Å². The maximum absolute atomic E-state index is 12.2. The van der Waals surface area contributed by atoms with Crippen LogP contribution in [-0.4, -0.2) is 40.7 Å². The number of hydrogen-bond acceptors (Lipinski definition) is 4. The Morgan fingerprint density at radius 3 is 2.61 bits per heavy atom. The predicted molar refractivity (Wildman–Crippen MR) is 85.6 cm³/mol. The van der Waals surface area contributed by atoms with Gasteiger partial charge in [0.2, 0.25) is 0 Å². The van der Waals surface area contributed by atoms with Crippen molar-refractivity contribution in [3.8, 4) is 0 Å². The van der Waals surface area contributed by atoms with Gasteiger partial charge in [-0.05, 0) is 31.4 Å².